The fraction of sp³-hybridized carbons (Fsp3) is 0.667. The molecule has 24 heavy (non-hydrogen) atoms. The molecule has 0 bridgehead atoms. The Morgan fingerprint density at radius 3 is 2.79 bits per heavy atom. The Morgan fingerprint density at radius 1 is 1.33 bits per heavy atom. The number of aromatic nitrogens is 5. The van der Waals surface area contributed by atoms with Crippen molar-refractivity contribution in [2.75, 3.05) is 13.1 Å². The molecule has 132 valence electrons. The van der Waals surface area contributed by atoms with Crippen molar-refractivity contribution >= 4 is 0 Å². The molecule has 0 unspecified atom stereocenters. The van der Waals surface area contributed by atoms with Gasteiger partial charge in [0.1, 0.15) is 23.7 Å². The topological polar surface area (TPSA) is 62.6 Å². The first-order valence-corrected chi connectivity index (χ1v) is 8.07. The van der Waals surface area contributed by atoms with E-state index < -0.39 is 11.9 Å². The van der Waals surface area contributed by atoms with Crippen molar-refractivity contribution < 1.29 is 13.2 Å². The maximum absolute atomic E-state index is 12.7. The average Bonchev–Trinajstić information content (AvgIpc) is 3.16. The zero-order valence-electron chi connectivity index (χ0n) is 13.7. The molecule has 0 aromatic carbocycles. The molecule has 1 N–H and O–H groups in total. The highest BCUT2D eigenvalue weighted by Gasteiger charge is 2.34. The predicted molar refractivity (Wildman–Crippen MR) is 81.2 cm³/mol. The normalized spacial score (nSPS) is 20.0. The van der Waals surface area contributed by atoms with Crippen LogP contribution in [0.25, 0.3) is 0 Å². The molecule has 3 rings (SSSR count). The van der Waals surface area contributed by atoms with Gasteiger partial charge in [-0.15, -0.1) is 0 Å². The summed E-state index contributed by atoms with van der Waals surface area (Å²) in [5.74, 6) is 1.27. The fourth-order valence-corrected chi connectivity index (χ4v) is 3.13. The van der Waals surface area contributed by atoms with E-state index in [4.69, 9.17) is 0 Å². The SMILES string of the molecule is CC(C)n1ncnc1CN1CCC[C@H](c2ncc(C(F)(F)F)[nH]2)C1. The number of nitrogens with one attached hydrogen (secondary N) is 1. The lowest BCUT2D eigenvalue weighted by Crippen LogP contribution is -2.35. The minimum absolute atomic E-state index is 0.0229. The van der Waals surface area contributed by atoms with Crippen molar-refractivity contribution in [1.29, 1.82) is 0 Å². The monoisotopic (exact) mass is 342 g/mol. The molecule has 1 fully saturated rings. The zero-order valence-corrected chi connectivity index (χ0v) is 13.7. The lowest BCUT2D eigenvalue weighted by molar-refractivity contribution is -0.141. The maximum atomic E-state index is 12.7. The first-order chi connectivity index (χ1) is 11.3. The molecule has 0 amide bonds. The standard InChI is InChI=1S/C15H21F3N6/c1-10(2)24-13(20-9-21-24)8-23-5-3-4-11(7-23)14-19-6-12(22-14)15(16,17)18/h6,9-11H,3-5,7-8H2,1-2H3,(H,19,22)/t11-/m0/s1. The summed E-state index contributed by atoms with van der Waals surface area (Å²) in [6.07, 6.45) is -0.212. The molecule has 1 saturated heterocycles. The number of imidazole rings is 1. The second-order valence-corrected chi connectivity index (χ2v) is 6.47. The van der Waals surface area contributed by atoms with Crippen LogP contribution in [0.2, 0.25) is 0 Å². The molecule has 1 aliphatic heterocycles. The van der Waals surface area contributed by atoms with Crippen LogP contribution in [-0.2, 0) is 12.7 Å². The highest BCUT2D eigenvalue weighted by atomic mass is 19.4. The first kappa shape index (κ1) is 16.9. The van der Waals surface area contributed by atoms with Gasteiger partial charge in [0.15, 0.2) is 0 Å². The quantitative estimate of drug-likeness (QED) is 0.928. The number of alkyl halides is 3. The summed E-state index contributed by atoms with van der Waals surface area (Å²) in [6.45, 7) is 6.28. The van der Waals surface area contributed by atoms with Crippen LogP contribution in [0.4, 0.5) is 13.2 Å². The van der Waals surface area contributed by atoms with Crippen LogP contribution in [0.15, 0.2) is 12.5 Å². The molecule has 1 atom stereocenters. The molecule has 0 aliphatic carbocycles. The number of hydrogen-bond acceptors (Lipinski definition) is 4. The van der Waals surface area contributed by atoms with Gasteiger partial charge < -0.3 is 4.98 Å². The van der Waals surface area contributed by atoms with E-state index in [0.29, 0.717) is 18.9 Å². The second-order valence-electron chi connectivity index (χ2n) is 6.47. The Bertz CT molecular complexity index is 675. The highest BCUT2D eigenvalue weighted by Crippen LogP contribution is 2.31. The van der Waals surface area contributed by atoms with Crippen LogP contribution in [0.5, 0.6) is 0 Å². The highest BCUT2D eigenvalue weighted by molar-refractivity contribution is 5.10. The summed E-state index contributed by atoms with van der Waals surface area (Å²) in [6, 6.07) is 0.225. The number of rotatable bonds is 4. The summed E-state index contributed by atoms with van der Waals surface area (Å²) in [5, 5.41) is 4.22. The lowest BCUT2D eigenvalue weighted by Gasteiger charge is -2.31. The Kier molecular flexibility index (Phi) is 4.62. The van der Waals surface area contributed by atoms with E-state index in [1.807, 2.05) is 18.5 Å². The van der Waals surface area contributed by atoms with Gasteiger partial charge in [-0.2, -0.15) is 18.3 Å². The molecular formula is C15H21F3N6. The minimum atomic E-state index is -4.38. The van der Waals surface area contributed by atoms with Crippen LogP contribution in [-0.4, -0.2) is 42.7 Å². The summed E-state index contributed by atoms with van der Waals surface area (Å²) in [4.78, 5) is 12.9. The third-order valence-corrected chi connectivity index (χ3v) is 4.29. The summed E-state index contributed by atoms with van der Waals surface area (Å²) in [5.41, 5.74) is -0.783. The molecule has 9 heteroatoms. The number of likely N-dealkylation sites (tertiary alicyclic amines) is 1. The molecule has 6 nitrogen and oxygen atoms in total. The van der Waals surface area contributed by atoms with Gasteiger partial charge in [-0.1, -0.05) is 0 Å². The second kappa shape index (κ2) is 6.54. The van der Waals surface area contributed by atoms with Crippen LogP contribution >= 0.6 is 0 Å². The zero-order chi connectivity index (χ0) is 17.3. The van der Waals surface area contributed by atoms with Crippen LogP contribution < -0.4 is 0 Å². The van der Waals surface area contributed by atoms with E-state index in [9.17, 15) is 13.2 Å². The Balaban J connectivity index is 1.68. The fourth-order valence-electron chi connectivity index (χ4n) is 3.13. The van der Waals surface area contributed by atoms with Crippen molar-refractivity contribution in [3.05, 3.63) is 29.9 Å². The largest absolute Gasteiger partial charge is 0.432 e. The number of piperidine rings is 1. The average molecular weight is 342 g/mol. The van der Waals surface area contributed by atoms with Gasteiger partial charge in [0.05, 0.1) is 12.7 Å². The van der Waals surface area contributed by atoms with Crippen molar-refractivity contribution in [3.8, 4) is 0 Å². The molecule has 2 aromatic rings. The smallest absolute Gasteiger partial charge is 0.338 e. The first-order valence-electron chi connectivity index (χ1n) is 8.07. The van der Waals surface area contributed by atoms with Gasteiger partial charge in [0.2, 0.25) is 0 Å². The predicted octanol–water partition coefficient (Wildman–Crippen LogP) is 2.98. The molecule has 2 aromatic heterocycles. The molecule has 0 saturated carbocycles. The Labute approximate surface area is 138 Å². The summed E-state index contributed by atoms with van der Waals surface area (Å²) >= 11 is 0. The van der Waals surface area contributed by atoms with Gasteiger partial charge >= 0.3 is 6.18 Å². The van der Waals surface area contributed by atoms with Crippen molar-refractivity contribution in [2.24, 2.45) is 0 Å². The summed E-state index contributed by atoms with van der Waals surface area (Å²) in [7, 11) is 0. The van der Waals surface area contributed by atoms with Gasteiger partial charge in [0, 0.05) is 18.5 Å². The lowest BCUT2D eigenvalue weighted by atomic mass is 9.97. The van der Waals surface area contributed by atoms with E-state index in [-0.39, 0.29) is 12.0 Å². The summed E-state index contributed by atoms with van der Waals surface area (Å²) < 4.78 is 40.0. The van der Waals surface area contributed by atoms with Gasteiger partial charge in [-0.3, -0.25) is 4.90 Å². The third kappa shape index (κ3) is 3.61. The van der Waals surface area contributed by atoms with E-state index in [0.717, 1.165) is 31.4 Å². The molecule has 0 spiro atoms. The number of halogens is 3. The Morgan fingerprint density at radius 2 is 2.12 bits per heavy atom. The number of hydrogen-bond donors (Lipinski definition) is 1. The maximum Gasteiger partial charge on any atom is 0.432 e. The van der Waals surface area contributed by atoms with E-state index in [2.05, 4.69) is 25.0 Å². The molecular weight excluding hydrogens is 321 g/mol. The minimum Gasteiger partial charge on any atom is -0.338 e. The van der Waals surface area contributed by atoms with Gasteiger partial charge in [0.25, 0.3) is 0 Å². The van der Waals surface area contributed by atoms with Gasteiger partial charge in [-0.25, -0.2) is 14.6 Å². The van der Waals surface area contributed by atoms with Crippen molar-refractivity contribution in [2.45, 2.75) is 51.4 Å². The van der Waals surface area contributed by atoms with E-state index in [1.165, 1.54) is 0 Å². The van der Waals surface area contributed by atoms with Crippen LogP contribution in [0.1, 0.15) is 56.0 Å². The van der Waals surface area contributed by atoms with E-state index >= 15 is 0 Å². The molecule has 0 radical (unpaired) electrons. The third-order valence-electron chi connectivity index (χ3n) is 4.29. The number of aromatic amines is 1. The van der Waals surface area contributed by atoms with Crippen molar-refractivity contribution in [1.82, 2.24) is 29.6 Å². The van der Waals surface area contributed by atoms with Gasteiger partial charge in [-0.05, 0) is 33.2 Å². The molecule has 1 aliphatic rings. The van der Waals surface area contributed by atoms with E-state index in [1.54, 1.807) is 6.33 Å². The van der Waals surface area contributed by atoms with Crippen LogP contribution in [0.3, 0.4) is 0 Å². The number of nitrogens with zero attached hydrogens (tertiary/aromatic N) is 5. The molecule has 3 heterocycles. The van der Waals surface area contributed by atoms with Crippen molar-refractivity contribution in [3.63, 3.8) is 0 Å². The Hall–Kier alpha value is -1.90. The van der Waals surface area contributed by atoms with Crippen LogP contribution in [0, 0.1) is 0 Å². The number of H-pyrrole nitrogens is 1.